The van der Waals surface area contributed by atoms with Gasteiger partial charge in [0.05, 0.1) is 23.7 Å². The fourth-order valence-electron chi connectivity index (χ4n) is 4.94. The Balaban J connectivity index is 1.25. The molecule has 0 radical (unpaired) electrons. The van der Waals surface area contributed by atoms with Crippen molar-refractivity contribution in [2.45, 2.75) is 37.4 Å². The van der Waals surface area contributed by atoms with E-state index in [1.807, 2.05) is 42.5 Å². The Morgan fingerprint density at radius 1 is 1.19 bits per heavy atom. The summed E-state index contributed by atoms with van der Waals surface area (Å²) in [6.07, 6.45) is 2.37. The number of benzene rings is 2. The number of nitrogens with zero attached hydrogens (tertiary/aromatic N) is 2. The fourth-order valence-corrected chi connectivity index (χ4v) is 5.32. The van der Waals surface area contributed by atoms with Crippen LogP contribution in [0.25, 0.3) is 11.0 Å². The van der Waals surface area contributed by atoms with Crippen LogP contribution in [0.2, 0.25) is 0 Å². The average Bonchev–Trinajstić information content (AvgIpc) is 3.23. The highest BCUT2D eigenvalue weighted by Gasteiger charge is 2.56. The number of halogens is 1. The van der Waals surface area contributed by atoms with E-state index >= 15 is 0 Å². The largest absolute Gasteiger partial charge is 0.493 e. The summed E-state index contributed by atoms with van der Waals surface area (Å²) in [5.74, 6) is 1.20. The van der Waals surface area contributed by atoms with Crippen LogP contribution in [-0.2, 0) is 4.79 Å². The number of carbonyl (C=O) groups excluding carboxylic acids is 2. The number of aromatic amines is 1. The first-order valence-corrected chi connectivity index (χ1v) is 11.4. The van der Waals surface area contributed by atoms with E-state index in [2.05, 4.69) is 31.2 Å². The van der Waals surface area contributed by atoms with Crippen molar-refractivity contribution in [3.8, 4) is 5.75 Å². The van der Waals surface area contributed by atoms with Gasteiger partial charge in [0.2, 0.25) is 5.91 Å². The molecule has 2 aliphatic heterocycles. The van der Waals surface area contributed by atoms with E-state index in [9.17, 15) is 9.59 Å². The van der Waals surface area contributed by atoms with Crippen LogP contribution in [0.15, 0.2) is 46.9 Å². The highest BCUT2D eigenvalue weighted by molar-refractivity contribution is 9.10. The summed E-state index contributed by atoms with van der Waals surface area (Å²) in [5.41, 5.74) is 2.54. The van der Waals surface area contributed by atoms with Crippen molar-refractivity contribution in [1.82, 2.24) is 20.2 Å². The van der Waals surface area contributed by atoms with Crippen molar-refractivity contribution in [3.63, 3.8) is 0 Å². The highest BCUT2D eigenvalue weighted by atomic mass is 79.9. The third-order valence-electron chi connectivity index (χ3n) is 6.56. The number of H-pyrrole nitrogens is 1. The van der Waals surface area contributed by atoms with Gasteiger partial charge in [-0.15, -0.1) is 0 Å². The molecule has 2 N–H and O–H groups in total. The van der Waals surface area contributed by atoms with Gasteiger partial charge in [-0.2, -0.15) is 0 Å². The van der Waals surface area contributed by atoms with Gasteiger partial charge in [-0.1, -0.05) is 28.1 Å². The molecule has 4 atom stereocenters. The van der Waals surface area contributed by atoms with Crippen molar-refractivity contribution in [2.24, 2.45) is 5.92 Å². The number of para-hydroxylation sites is 2. The Hall–Kier alpha value is -2.87. The molecule has 0 spiro atoms. The highest BCUT2D eigenvalue weighted by Crippen LogP contribution is 2.48. The summed E-state index contributed by atoms with van der Waals surface area (Å²) < 4.78 is 6.68. The standard InChI is InChI=1S/C23H21BrN4O3/c24-13-5-6-20-14(11-13)15(7-8-31-20)27-22(29)19-10-12-9-18(12)28(19)23(30)21-25-16-3-1-2-4-17(16)26-21/h1-6,11-12,15,18-19H,7-10H2,(H,25,26)(H,27,29)/t12-,15?,18-,19-/m0/s1. The second kappa shape index (κ2) is 7.09. The molecule has 1 saturated heterocycles. The number of fused-ring (bicyclic) bond motifs is 3. The first-order chi connectivity index (χ1) is 15.1. The number of piperidine rings is 1. The van der Waals surface area contributed by atoms with Crippen molar-refractivity contribution in [1.29, 1.82) is 0 Å². The van der Waals surface area contributed by atoms with Gasteiger partial charge in [0.25, 0.3) is 5.91 Å². The lowest BCUT2D eigenvalue weighted by Crippen LogP contribution is -2.49. The van der Waals surface area contributed by atoms with Gasteiger partial charge in [0.15, 0.2) is 5.82 Å². The van der Waals surface area contributed by atoms with Gasteiger partial charge in [0.1, 0.15) is 11.8 Å². The van der Waals surface area contributed by atoms with Gasteiger partial charge in [-0.3, -0.25) is 9.59 Å². The lowest BCUT2D eigenvalue weighted by atomic mass is 9.99. The SMILES string of the molecule is O=C(NC1CCOc2ccc(Br)cc21)[C@@H]1C[C@@H]2C[C@@H]2N1C(=O)c1nc2ccccc2[nH]1. The summed E-state index contributed by atoms with van der Waals surface area (Å²) in [6.45, 7) is 0.553. The zero-order valence-electron chi connectivity index (χ0n) is 16.7. The van der Waals surface area contributed by atoms with Crippen LogP contribution >= 0.6 is 15.9 Å². The normalized spacial score (nSPS) is 26.2. The number of nitrogens with one attached hydrogen (secondary N) is 2. The maximum absolute atomic E-state index is 13.3. The van der Waals surface area contributed by atoms with Crippen molar-refractivity contribution in [2.75, 3.05) is 6.61 Å². The molecule has 3 aromatic rings. The van der Waals surface area contributed by atoms with Crippen molar-refractivity contribution in [3.05, 3.63) is 58.3 Å². The maximum Gasteiger partial charge on any atom is 0.290 e. The monoisotopic (exact) mass is 480 g/mol. The van der Waals surface area contributed by atoms with Crippen molar-refractivity contribution >= 4 is 38.8 Å². The molecule has 3 aliphatic rings. The minimum atomic E-state index is -0.470. The first kappa shape index (κ1) is 18.9. The third kappa shape index (κ3) is 3.20. The summed E-state index contributed by atoms with van der Waals surface area (Å²) in [7, 11) is 0. The number of carbonyl (C=O) groups is 2. The molecule has 7 nitrogen and oxygen atoms in total. The molecule has 8 heteroatoms. The van der Waals surface area contributed by atoms with E-state index in [-0.39, 0.29) is 23.9 Å². The number of imidazole rings is 1. The summed E-state index contributed by atoms with van der Waals surface area (Å²) in [4.78, 5) is 36.0. The molecule has 158 valence electrons. The van der Waals surface area contributed by atoms with E-state index in [1.165, 1.54) is 0 Å². The molecule has 31 heavy (non-hydrogen) atoms. The van der Waals surface area contributed by atoms with E-state index in [1.54, 1.807) is 4.90 Å². The summed E-state index contributed by atoms with van der Waals surface area (Å²) in [5, 5.41) is 3.18. The summed E-state index contributed by atoms with van der Waals surface area (Å²) >= 11 is 3.50. The van der Waals surface area contributed by atoms with Crippen LogP contribution in [0.1, 0.15) is 41.5 Å². The average molecular weight is 481 g/mol. The molecule has 3 heterocycles. The Morgan fingerprint density at radius 2 is 2.06 bits per heavy atom. The molecule has 1 aromatic heterocycles. The number of ether oxygens (including phenoxy) is 1. The number of aromatic nitrogens is 2. The predicted molar refractivity (Wildman–Crippen MR) is 118 cm³/mol. The Bertz CT molecular complexity index is 1180. The number of hydrogen-bond acceptors (Lipinski definition) is 4. The zero-order valence-corrected chi connectivity index (χ0v) is 18.3. The van der Waals surface area contributed by atoms with Crippen molar-refractivity contribution < 1.29 is 14.3 Å². The summed E-state index contributed by atoms with van der Waals surface area (Å²) in [6, 6.07) is 12.9. The smallest absolute Gasteiger partial charge is 0.290 e. The minimum Gasteiger partial charge on any atom is -0.493 e. The lowest BCUT2D eigenvalue weighted by Gasteiger charge is -2.31. The number of likely N-dealkylation sites (tertiary alicyclic amines) is 1. The Labute approximate surface area is 187 Å². The predicted octanol–water partition coefficient (Wildman–Crippen LogP) is 3.57. The van der Waals surface area contributed by atoms with E-state index in [4.69, 9.17) is 4.74 Å². The molecule has 2 aromatic carbocycles. The second-order valence-corrected chi connectivity index (χ2v) is 9.43. The van der Waals surface area contributed by atoms with Crippen LogP contribution in [-0.4, -0.2) is 45.4 Å². The maximum atomic E-state index is 13.3. The molecule has 1 saturated carbocycles. The molecular formula is C23H21BrN4O3. The first-order valence-electron chi connectivity index (χ1n) is 10.6. The molecule has 1 unspecified atom stereocenters. The quantitative estimate of drug-likeness (QED) is 0.599. The van der Waals surface area contributed by atoms with Crippen LogP contribution < -0.4 is 10.1 Å². The molecule has 2 fully saturated rings. The van der Waals surface area contributed by atoms with E-state index in [0.29, 0.717) is 31.2 Å². The minimum absolute atomic E-state index is 0.102. The van der Waals surface area contributed by atoms with Crippen LogP contribution in [0.3, 0.4) is 0 Å². The third-order valence-corrected chi connectivity index (χ3v) is 7.05. The number of amides is 2. The topological polar surface area (TPSA) is 87.3 Å². The molecule has 2 amide bonds. The van der Waals surface area contributed by atoms with Gasteiger partial charge >= 0.3 is 0 Å². The second-order valence-electron chi connectivity index (χ2n) is 8.51. The van der Waals surface area contributed by atoms with Gasteiger partial charge < -0.3 is 19.9 Å². The van der Waals surface area contributed by atoms with Gasteiger partial charge in [-0.25, -0.2) is 4.98 Å². The molecule has 0 bridgehead atoms. The Morgan fingerprint density at radius 3 is 2.94 bits per heavy atom. The van der Waals surface area contributed by atoms with Gasteiger partial charge in [-0.05, 0) is 49.1 Å². The number of hydrogen-bond donors (Lipinski definition) is 2. The molecule has 1 aliphatic carbocycles. The van der Waals surface area contributed by atoms with E-state index in [0.717, 1.165) is 33.2 Å². The number of rotatable bonds is 3. The molecule has 6 rings (SSSR count). The fraction of sp³-hybridized carbons (Fsp3) is 0.348. The van der Waals surface area contributed by atoms with Gasteiger partial charge in [0, 0.05) is 22.5 Å². The van der Waals surface area contributed by atoms with Crippen LogP contribution in [0, 0.1) is 5.92 Å². The van der Waals surface area contributed by atoms with Crippen LogP contribution in [0.4, 0.5) is 0 Å². The zero-order chi connectivity index (χ0) is 21.1. The molecular weight excluding hydrogens is 460 g/mol. The van der Waals surface area contributed by atoms with E-state index < -0.39 is 6.04 Å². The lowest BCUT2D eigenvalue weighted by molar-refractivity contribution is -0.126. The Kier molecular flexibility index (Phi) is 4.31. The van der Waals surface area contributed by atoms with Crippen LogP contribution in [0.5, 0.6) is 5.75 Å².